The Hall–Kier alpha value is -1.75. The van der Waals surface area contributed by atoms with Crippen LogP contribution in [0, 0.1) is 0 Å². The molecule has 0 aromatic heterocycles. The van der Waals surface area contributed by atoms with Crippen molar-refractivity contribution in [3.8, 4) is 5.75 Å². The number of rotatable bonds is 4. The highest BCUT2D eigenvalue weighted by Crippen LogP contribution is 2.17. The number of nitrogens with one attached hydrogen (secondary N) is 2. The zero-order valence-electron chi connectivity index (χ0n) is 12.8. The molecule has 5 heteroatoms. The lowest BCUT2D eigenvalue weighted by molar-refractivity contribution is 0.191. The predicted molar refractivity (Wildman–Crippen MR) is 83.3 cm³/mol. The molecule has 2 atom stereocenters. The van der Waals surface area contributed by atoms with Crippen LogP contribution in [0.3, 0.4) is 0 Å². The number of urea groups is 1. The molecule has 1 saturated heterocycles. The van der Waals surface area contributed by atoms with Gasteiger partial charge in [0.25, 0.3) is 0 Å². The molecule has 116 valence electrons. The molecule has 0 aliphatic carbocycles. The van der Waals surface area contributed by atoms with Crippen LogP contribution in [0.4, 0.5) is 4.79 Å². The summed E-state index contributed by atoms with van der Waals surface area (Å²) in [7, 11) is 0. The number of phenolic OH excluding ortho intramolecular Hbond substituents is 1. The normalized spacial score (nSPS) is 20.8. The Morgan fingerprint density at radius 3 is 3.05 bits per heavy atom. The van der Waals surface area contributed by atoms with Gasteiger partial charge in [0.2, 0.25) is 0 Å². The minimum absolute atomic E-state index is 0.136. The van der Waals surface area contributed by atoms with Gasteiger partial charge in [0.1, 0.15) is 5.75 Å². The van der Waals surface area contributed by atoms with E-state index in [1.165, 1.54) is 0 Å². The maximum atomic E-state index is 12.1. The Balaban J connectivity index is 1.84. The number of likely N-dealkylation sites (tertiary alicyclic amines) is 1. The van der Waals surface area contributed by atoms with E-state index in [1.54, 1.807) is 18.2 Å². The Morgan fingerprint density at radius 1 is 1.52 bits per heavy atom. The molecule has 1 aromatic rings. The number of likely N-dealkylation sites (N-methyl/N-ethyl adjacent to an activating group) is 1. The average Bonchev–Trinajstić information content (AvgIpc) is 2.47. The summed E-state index contributed by atoms with van der Waals surface area (Å²) < 4.78 is 0. The molecule has 1 aliphatic heterocycles. The van der Waals surface area contributed by atoms with Crippen LogP contribution in [0.25, 0.3) is 0 Å². The third-order valence-corrected chi connectivity index (χ3v) is 4.01. The van der Waals surface area contributed by atoms with Crippen LogP contribution >= 0.6 is 0 Å². The molecule has 5 nitrogen and oxygen atoms in total. The highest BCUT2D eigenvalue weighted by atomic mass is 16.3. The maximum absolute atomic E-state index is 12.1. The van der Waals surface area contributed by atoms with Crippen molar-refractivity contribution in [3.05, 3.63) is 29.8 Å². The summed E-state index contributed by atoms with van der Waals surface area (Å²) in [5, 5.41) is 15.4. The summed E-state index contributed by atoms with van der Waals surface area (Å²) in [6, 6.07) is 6.90. The number of carbonyl (C=O) groups excluding carboxylic acids is 1. The Labute approximate surface area is 126 Å². The number of piperidine rings is 1. The van der Waals surface area contributed by atoms with Crippen LogP contribution in [0.15, 0.2) is 24.3 Å². The third-order valence-electron chi connectivity index (χ3n) is 4.01. The van der Waals surface area contributed by atoms with E-state index in [-0.39, 0.29) is 23.9 Å². The molecule has 0 bridgehead atoms. The van der Waals surface area contributed by atoms with Gasteiger partial charge in [0.15, 0.2) is 0 Å². The van der Waals surface area contributed by atoms with Crippen molar-refractivity contribution < 1.29 is 9.90 Å². The Kier molecular flexibility index (Phi) is 5.44. The number of benzene rings is 1. The fourth-order valence-corrected chi connectivity index (χ4v) is 2.76. The van der Waals surface area contributed by atoms with E-state index >= 15 is 0 Å². The van der Waals surface area contributed by atoms with Crippen molar-refractivity contribution in [3.63, 3.8) is 0 Å². The molecular weight excluding hydrogens is 266 g/mol. The van der Waals surface area contributed by atoms with Crippen molar-refractivity contribution in [1.29, 1.82) is 0 Å². The Bertz CT molecular complexity index is 478. The molecule has 0 spiro atoms. The molecular formula is C16H25N3O2. The number of hydrogen-bond donors (Lipinski definition) is 3. The molecule has 0 saturated carbocycles. The van der Waals surface area contributed by atoms with Crippen LogP contribution in [0.1, 0.15) is 38.3 Å². The summed E-state index contributed by atoms with van der Waals surface area (Å²) in [6.45, 7) is 7.12. The van der Waals surface area contributed by atoms with E-state index in [2.05, 4.69) is 22.5 Å². The van der Waals surface area contributed by atoms with Gasteiger partial charge in [-0.25, -0.2) is 4.79 Å². The highest BCUT2D eigenvalue weighted by Gasteiger charge is 2.20. The maximum Gasteiger partial charge on any atom is 0.315 e. The largest absolute Gasteiger partial charge is 0.508 e. The molecule has 0 unspecified atom stereocenters. The molecule has 1 aliphatic rings. The lowest BCUT2D eigenvalue weighted by atomic mass is 10.1. The van der Waals surface area contributed by atoms with Gasteiger partial charge in [-0.15, -0.1) is 0 Å². The van der Waals surface area contributed by atoms with E-state index in [0.717, 1.165) is 38.0 Å². The van der Waals surface area contributed by atoms with Crippen molar-refractivity contribution in [2.24, 2.45) is 0 Å². The van der Waals surface area contributed by atoms with E-state index in [1.807, 2.05) is 13.0 Å². The van der Waals surface area contributed by atoms with Gasteiger partial charge in [0.05, 0.1) is 6.04 Å². The first-order valence-electron chi connectivity index (χ1n) is 7.66. The molecule has 0 radical (unpaired) electrons. The highest BCUT2D eigenvalue weighted by molar-refractivity contribution is 5.74. The zero-order chi connectivity index (χ0) is 15.2. The van der Waals surface area contributed by atoms with Gasteiger partial charge >= 0.3 is 6.03 Å². The molecule has 2 rings (SSSR count). The van der Waals surface area contributed by atoms with Gasteiger partial charge in [-0.3, -0.25) is 0 Å². The smallest absolute Gasteiger partial charge is 0.315 e. The number of hydrogen-bond acceptors (Lipinski definition) is 3. The van der Waals surface area contributed by atoms with E-state index in [9.17, 15) is 9.90 Å². The second-order valence-corrected chi connectivity index (χ2v) is 5.67. The number of carbonyl (C=O) groups is 1. The predicted octanol–water partition coefficient (Wildman–Crippen LogP) is 2.24. The standard InChI is InChI=1S/C16H25N3O2/c1-3-19-9-5-7-14(11-19)18-16(21)17-12(2)13-6-4-8-15(20)10-13/h4,6,8,10,12,14,20H,3,5,7,9,11H2,1-2H3,(H2,17,18,21)/t12-,14-/m0/s1. The van der Waals surface area contributed by atoms with Crippen LogP contribution in [0.5, 0.6) is 5.75 Å². The minimum Gasteiger partial charge on any atom is -0.508 e. The van der Waals surface area contributed by atoms with Crippen LogP contribution in [-0.2, 0) is 0 Å². The van der Waals surface area contributed by atoms with Gasteiger partial charge in [-0.05, 0) is 50.6 Å². The fraction of sp³-hybridized carbons (Fsp3) is 0.562. The number of nitrogens with zero attached hydrogens (tertiary/aromatic N) is 1. The van der Waals surface area contributed by atoms with Crippen molar-refractivity contribution in [2.45, 2.75) is 38.8 Å². The fourth-order valence-electron chi connectivity index (χ4n) is 2.76. The van der Waals surface area contributed by atoms with E-state index in [0.29, 0.717) is 0 Å². The topological polar surface area (TPSA) is 64.6 Å². The zero-order valence-corrected chi connectivity index (χ0v) is 12.8. The second-order valence-electron chi connectivity index (χ2n) is 5.67. The number of aromatic hydroxyl groups is 1. The third kappa shape index (κ3) is 4.63. The molecule has 1 heterocycles. The van der Waals surface area contributed by atoms with E-state index in [4.69, 9.17) is 0 Å². The Morgan fingerprint density at radius 2 is 2.33 bits per heavy atom. The lowest BCUT2D eigenvalue weighted by Gasteiger charge is -2.32. The van der Waals surface area contributed by atoms with Crippen LogP contribution in [-0.4, -0.2) is 41.7 Å². The van der Waals surface area contributed by atoms with E-state index < -0.39 is 0 Å². The van der Waals surface area contributed by atoms with Crippen LogP contribution < -0.4 is 10.6 Å². The quantitative estimate of drug-likeness (QED) is 0.797. The van der Waals surface area contributed by atoms with Crippen LogP contribution in [0.2, 0.25) is 0 Å². The summed E-state index contributed by atoms with van der Waals surface area (Å²) in [4.78, 5) is 14.4. The molecule has 2 amide bonds. The molecule has 1 aromatic carbocycles. The number of phenols is 1. The van der Waals surface area contributed by atoms with Gasteiger partial charge < -0.3 is 20.6 Å². The van der Waals surface area contributed by atoms with Crippen molar-refractivity contribution >= 4 is 6.03 Å². The van der Waals surface area contributed by atoms with Crippen molar-refractivity contribution in [1.82, 2.24) is 15.5 Å². The second kappa shape index (κ2) is 7.31. The summed E-state index contributed by atoms with van der Waals surface area (Å²) in [5.74, 6) is 0.215. The first-order valence-corrected chi connectivity index (χ1v) is 7.66. The summed E-state index contributed by atoms with van der Waals surface area (Å²) in [6.07, 6.45) is 2.16. The lowest BCUT2D eigenvalue weighted by Crippen LogP contribution is -2.50. The summed E-state index contributed by atoms with van der Waals surface area (Å²) in [5.41, 5.74) is 0.893. The summed E-state index contributed by atoms with van der Waals surface area (Å²) >= 11 is 0. The van der Waals surface area contributed by atoms with Crippen molar-refractivity contribution in [2.75, 3.05) is 19.6 Å². The number of amides is 2. The minimum atomic E-state index is -0.145. The molecule has 3 N–H and O–H groups in total. The average molecular weight is 291 g/mol. The van der Waals surface area contributed by atoms with Gasteiger partial charge in [-0.2, -0.15) is 0 Å². The monoisotopic (exact) mass is 291 g/mol. The molecule has 1 fully saturated rings. The van der Waals surface area contributed by atoms with Gasteiger partial charge in [-0.1, -0.05) is 19.1 Å². The first-order chi connectivity index (χ1) is 10.1. The first kappa shape index (κ1) is 15.6. The molecule has 21 heavy (non-hydrogen) atoms. The SMILES string of the molecule is CCN1CCC[C@H](NC(=O)N[C@@H](C)c2cccc(O)c2)C1. The van der Waals surface area contributed by atoms with Gasteiger partial charge in [0, 0.05) is 12.6 Å².